The lowest BCUT2D eigenvalue weighted by molar-refractivity contribution is 0.0958. The van der Waals surface area contributed by atoms with Crippen molar-refractivity contribution in [1.29, 1.82) is 0 Å². The smallest absolute Gasteiger partial charge is 0.211 e. The summed E-state index contributed by atoms with van der Waals surface area (Å²) in [4.78, 5) is 16.7. The predicted molar refractivity (Wildman–Crippen MR) is 156 cm³/mol. The van der Waals surface area contributed by atoms with Gasteiger partial charge in [0.25, 0.3) is 0 Å². The van der Waals surface area contributed by atoms with Crippen LogP contribution >= 0.6 is 0 Å². The van der Waals surface area contributed by atoms with Crippen LogP contribution in [0, 0.1) is 6.92 Å². The lowest BCUT2D eigenvalue weighted by atomic mass is 9.92. The van der Waals surface area contributed by atoms with Gasteiger partial charge in [0, 0.05) is 35.7 Å². The van der Waals surface area contributed by atoms with Gasteiger partial charge in [0.1, 0.15) is 5.75 Å². The van der Waals surface area contributed by atoms with Crippen LogP contribution in [-0.4, -0.2) is 49.2 Å². The summed E-state index contributed by atoms with van der Waals surface area (Å²) in [6.07, 6.45) is 2.74. The second kappa shape index (κ2) is 10.2. The molecule has 6 heteroatoms. The van der Waals surface area contributed by atoms with Crippen LogP contribution < -0.4 is 14.2 Å². The molecule has 0 saturated heterocycles. The first kappa shape index (κ1) is 26.4. The van der Waals surface area contributed by atoms with Gasteiger partial charge in [-0.3, -0.25) is 4.79 Å². The average molecular weight is 525 g/mol. The topological polar surface area (TPSA) is 52.9 Å². The zero-order chi connectivity index (χ0) is 27.9. The number of rotatable bonds is 7. The largest absolute Gasteiger partial charge is 0.497 e. The highest BCUT2D eigenvalue weighted by Crippen LogP contribution is 2.39. The van der Waals surface area contributed by atoms with Gasteiger partial charge in [0.05, 0.1) is 32.6 Å². The van der Waals surface area contributed by atoms with E-state index in [1.54, 1.807) is 21.3 Å². The number of ether oxygens (including phenoxy) is 3. The average Bonchev–Trinajstić information content (AvgIpc) is 3.15. The zero-order valence-corrected chi connectivity index (χ0v) is 23.8. The molecule has 0 unspecified atom stereocenters. The first-order chi connectivity index (χ1) is 18.7. The molecule has 202 valence electrons. The van der Waals surface area contributed by atoms with Gasteiger partial charge in [-0.05, 0) is 80.3 Å². The number of Topliss-reactive ketones (excluding diaryl/α,β-unsaturated/α-hetero) is 1. The van der Waals surface area contributed by atoms with Crippen LogP contribution in [0.25, 0.3) is 17.0 Å². The summed E-state index contributed by atoms with van der Waals surface area (Å²) in [5.74, 6) is 2.03. The Kier molecular flexibility index (Phi) is 6.89. The Labute approximate surface area is 230 Å². The van der Waals surface area contributed by atoms with Gasteiger partial charge in [-0.2, -0.15) is 0 Å². The molecule has 1 aromatic heterocycles. The Morgan fingerprint density at radius 2 is 1.62 bits per heavy atom. The SMILES string of the molecule is COc1ccc2c(c1)c(C(=O)C1=Cc3cc(OC)c(OC)cc3CC(C)(C)N1C)c(C)n2Cc1ccccc1. The molecule has 6 nitrogen and oxygen atoms in total. The standard InChI is InChI=1S/C33H36N2O4/c1-21-31(26-18-25(37-5)13-14-27(26)35(21)20-22-11-9-8-10-12-22)32(36)28-15-23-16-29(38-6)30(39-7)17-24(23)19-33(2,3)34(28)4/h8-18H,19-20H2,1-7H3. The van der Waals surface area contributed by atoms with Gasteiger partial charge in [0.2, 0.25) is 5.78 Å². The molecule has 2 heterocycles. The Morgan fingerprint density at radius 3 is 2.28 bits per heavy atom. The van der Waals surface area contributed by atoms with E-state index in [2.05, 4.69) is 35.4 Å². The molecule has 1 aliphatic heterocycles. The third-order valence-electron chi connectivity index (χ3n) is 8.00. The molecular weight excluding hydrogens is 488 g/mol. The number of nitrogens with zero attached hydrogens (tertiary/aromatic N) is 2. The first-order valence-corrected chi connectivity index (χ1v) is 13.1. The van der Waals surface area contributed by atoms with E-state index in [9.17, 15) is 4.79 Å². The predicted octanol–water partition coefficient (Wildman–Crippen LogP) is 6.51. The summed E-state index contributed by atoms with van der Waals surface area (Å²) in [6.45, 7) is 7.03. The molecular formula is C33H36N2O4. The van der Waals surface area contributed by atoms with E-state index in [-0.39, 0.29) is 11.3 Å². The van der Waals surface area contributed by atoms with Crippen molar-refractivity contribution < 1.29 is 19.0 Å². The fraction of sp³-hybridized carbons (Fsp3) is 0.303. The lowest BCUT2D eigenvalue weighted by Crippen LogP contribution is -2.43. The van der Waals surface area contributed by atoms with Crippen LogP contribution in [-0.2, 0) is 13.0 Å². The van der Waals surface area contributed by atoms with Gasteiger partial charge >= 0.3 is 0 Å². The van der Waals surface area contributed by atoms with Crippen molar-refractivity contribution in [2.45, 2.75) is 39.3 Å². The maximum atomic E-state index is 14.6. The van der Waals surface area contributed by atoms with Crippen molar-refractivity contribution in [3.05, 3.63) is 94.3 Å². The summed E-state index contributed by atoms with van der Waals surface area (Å²) >= 11 is 0. The summed E-state index contributed by atoms with van der Waals surface area (Å²) in [5.41, 5.74) is 6.18. The monoisotopic (exact) mass is 524 g/mol. The highest BCUT2D eigenvalue weighted by atomic mass is 16.5. The third kappa shape index (κ3) is 4.65. The number of fused-ring (bicyclic) bond motifs is 2. The fourth-order valence-electron chi connectivity index (χ4n) is 5.57. The highest BCUT2D eigenvalue weighted by molar-refractivity contribution is 6.19. The number of benzene rings is 3. The van der Waals surface area contributed by atoms with E-state index in [4.69, 9.17) is 14.2 Å². The molecule has 5 rings (SSSR count). The number of carbonyl (C=O) groups is 1. The molecule has 0 N–H and O–H groups in total. The maximum absolute atomic E-state index is 14.6. The zero-order valence-electron chi connectivity index (χ0n) is 23.8. The Morgan fingerprint density at radius 1 is 0.923 bits per heavy atom. The minimum Gasteiger partial charge on any atom is -0.497 e. The molecule has 0 fully saturated rings. The van der Waals surface area contributed by atoms with E-state index < -0.39 is 0 Å². The van der Waals surface area contributed by atoms with Crippen molar-refractivity contribution in [3.8, 4) is 17.2 Å². The van der Waals surface area contributed by atoms with Crippen LogP contribution in [0.1, 0.15) is 46.6 Å². The summed E-state index contributed by atoms with van der Waals surface area (Å²) in [7, 11) is 6.93. The van der Waals surface area contributed by atoms with Gasteiger partial charge in [-0.1, -0.05) is 30.3 Å². The molecule has 39 heavy (non-hydrogen) atoms. The maximum Gasteiger partial charge on any atom is 0.211 e. The van der Waals surface area contributed by atoms with Crippen LogP contribution in [0.2, 0.25) is 0 Å². The van der Waals surface area contributed by atoms with E-state index in [0.29, 0.717) is 29.3 Å². The molecule has 0 saturated carbocycles. The number of aromatic nitrogens is 1. The number of allylic oxidation sites excluding steroid dienone is 1. The number of hydrogen-bond donors (Lipinski definition) is 0. The van der Waals surface area contributed by atoms with Crippen LogP contribution in [0.4, 0.5) is 0 Å². The fourth-order valence-corrected chi connectivity index (χ4v) is 5.57. The van der Waals surface area contributed by atoms with Crippen LogP contribution in [0.3, 0.4) is 0 Å². The number of carbonyl (C=O) groups excluding carboxylic acids is 1. The quantitative estimate of drug-likeness (QED) is 0.258. The lowest BCUT2D eigenvalue weighted by Gasteiger charge is -2.37. The molecule has 1 aliphatic rings. The third-order valence-corrected chi connectivity index (χ3v) is 8.00. The summed E-state index contributed by atoms with van der Waals surface area (Å²) in [6, 6.07) is 20.3. The van der Waals surface area contributed by atoms with E-state index in [1.807, 2.05) is 68.6 Å². The Bertz CT molecular complexity index is 1580. The second-order valence-corrected chi connectivity index (χ2v) is 10.7. The minimum absolute atomic E-state index is 0.0178. The summed E-state index contributed by atoms with van der Waals surface area (Å²) < 4.78 is 19.0. The van der Waals surface area contributed by atoms with Gasteiger partial charge in [-0.25, -0.2) is 0 Å². The van der Waals surface area contributed by atoms with E-state index in [1.165, 1.54) is 5.56 Å². The second-order valence-electron chi connectivity index (χ2n) is 10.7. The molecule has 0 spiro atoms. The molecule has 0 aliphatic carbocycles. The van der Waals surface area contributed by atoms with Crippen molar-refractivity contribution in [2.75, 3.05) is 28.4 Å². The molecule has 0 amide bonds. The number of ketones is 1. The summed E-state index contributed by atoms with van der Waals surface area (Å²) in [5, 5.41) is 0.886. The molecule has 0 atom stereocenters. The normalized spacial score (nSPS) is 14.4. The van der Waals surface area contributed by atoms with E-state index in [0.717, 1.165) is 39.9 Å². The first-order valence-electron chi connectivity index (χ1n) is 13.1. The van der Waals surface area contributed by atoms with Gasteiger partial charge < -0.3 is 23.7 Å². The number of methoxy groups -OCH3 is 3. The van der Waals surface area contributed by atoms with Crippen LogP contribution in [0.5, 0.6) is 17.2 Å². The van der Waals surface area contributed by atoms with Crippen molar-refractivity contribution in [3.63, 3.8) is 0 Å². The Balaban J connectivity index is 1.71. The van der Waals surface area contributed by atoms with Crippen molar-refractivity contribution in [1.82, 2.24) is 9.47 Å². The van der Waals surface area contributed by atoms with Gasteiger partial charge in [0.15, 0.2) is 11.5 Å². The highest BCUT2D eigenvalue weighted by Gasteiger charge is 2.35. The van der Waals surface area contributed by atoms with Gasteiger partial charge in [-0.15, -0.1) is 0 Å². The van der Waals surface area contributed by atoms with Crippen molar-refractivity contribution in [2.24, 2.45) is 0 Å². The number of likely N-dealkylation sites (N-methyl/N-ethyl adjacent to an activating group) is 1. The van der Waals surface area contributed by atoms with Crippen LogP contribution in [0.15, 0.2) is 66.4 Å². The Hall–Kier alpha value is -4.19. The number of hydrogen-bond acceptors (Lipinski definition) is 5. The molecule has 3 aromatic carbocycles. The molecule has 0 bridgehead atoms. The molecule has 4 aromatic rings. The minimum atomic E-state index is -0.319. The molecule has 0 radical (unpaired) electrons. The van der Waals surface area contributed by atoms with E-state index >= 15 is 0 Å². The van der Waals surface area contributed by atoms with Crippen molar-refractivity contribution >= 4 is 22.8 Å².